The highest BCUT2D eigenvalue weighted by Gasteiger charge is 2.18. The van der Waals surface area contributed by atoms with Gasteiger partial charge >= 0.3 is 16.9 Å². The van der Waals surface area contributed by atoms with Gasteiger partial charge in [0.25, 0.3) is 0 Å². The van der Waals surface area contributed by atoms with Gasteiger partial charge in [-0.15, -0.1) is 0 Å². The minimum absolute atomic E-state index is 0.202. The minimum Gasteiger partial charge on any atom is -0.493 e. The van der Waals surface area contributed by atoms with Gasteiger partial charge in [-0.25, -0.2) is 4.79 Å². The Morgan fingerprint density at radius 3 is 2.48 bits per heavy atom. The van der Waals surface area contributed by atoms with Crippen LogP contribution in [0.1, 0.15) is 16.8 Å². The Bertz CT molecular complexity index is 1160. The molecule has 0 bridgehead atoms. The number of hydrogen-bond acceptors (Lipinski definition) is 6. The molecule has 9 nitrogen and oxygen atoms in total. The lowest BCUT2D eigenvalue weighted by Crippen LogP contribution is -2.25. The van der Waals surface area contributed by atoms with Crippen molar-refractivity contribution in [3.05, 3.63) is 96.3 Å². The molecule has 1 aromatic heterocycles. The van der Waals surface area contributed by atoms with E-state index in [1.807, 2.05) is 35.3 Å². The van der Waals surface area contributed by atoms with E-state index < -0.39 is 21.9 Å². The maximum absolute atomic E-state index is 11.7. The number of methoxy groups -OCH3 is 1. The first-order valence-electron chi connectivity index (χ1n) is 8.52. The van der Waals surface area contributed by atoms with Crippen LogP contribution < -0.4 is 20.7 Å². The summed E-state index contributed by atoms with van der Waals surface area (Å²) >= 11 is 0. The van der Waals surface area contributed by atoms with Gasteiger partial charge in [0.1, 0.15) is 12.3 Å². The second-order valence-corrected chi connectivity index (χ2v) is 5.95. The quantitative estimate of drug-likeness (QED) is 0.468. The van der Waals surface area contributed by atoms with Gasteiger partial charge in [-0.05, 0) is 29.3 Å². The lowest BCUT2D eigenvalue weighted by Gasteiger charge is -2.11. The number of nitrogens with zero attached hydrogens (tertiary/aromatic N) is 1. The molecule has 0 aliphatic rings. The van der Waals surface area contributed by atoms with E-state index in [9.17, 15) is 19.7 Å². The van der Waals surface area contributed by atoms with Gasteiger partial charge in [0, 0.05) is 0 Å². The van der Waals surface area contributed by atoms with Crippen molar-refractivity contribution in [2.45, 2.75) is 6.61 Å². The predicted octanol–water partition coefficient (Wildman–Crippen LogP) is 2.73. The fraction of sp³-hybridized carbons (Fsp3) is 0.100. The second-order valence-electron chi connectivity index (χ2n) is 5.95. The van der Waals surface area contributed by atoms with Crippen LogP contribution in [0.2, 0.25) is 0 Å². The molecule has 3 rings (SSSR count). The first kappa shape index (κ1) is 19.6. The minimum atomic E-state index is -1.07. The molecule has 0 fully saturated rings. The summed E-state index contributed by atoms with van der Waals surface area (Å²) in [4.78, 5) is 37.4. The largest absolute Gasteiger partial charge is 0.493 e. The van der Waals surface area contributed by atoms with Crippen LogP contribution in [0.3, 0.4) is 0 Å². The molecule has 2 N–H and O–H groups in total. The zero-order chi connectivity index (χ0) is 20.8. The van der Waals surface area contributed by atoms with Crippen molar-refractivity contribution in [3.63, 3.8) is 0 Å². The van der Waals surface area contributed by atoms with Crippen molar-refractivity contribution in [1.82, 2.24) is 9.97 Å². The molecule has 0 saturated heterocycles. The van der Waals surface area contributed by atoms with Crippen LogP contribution in [0.25, 0.3) is 12.2 Å². The van der Waals surface area contributed by atoms with Crippen molar-refractivity contribution in [3.8, 4) is 11.5 Å². The predicted molar refractivity (Wildman–Crippen MR) is 107 cm³/mol. The molecule has 29 heavy (non-hydrogen) atoms. The van der Waals surface area contributed by atoms with Crippen molar-refractivity contribution in [1.29, 1.82) is 0 Å². The standard InChI is InChI=1S/C20H17N3O6/c1-28-17-11-13(8-10-16(17)29-12-14-5-3-2-4-6-14)7-9-15-18(23(26)27)19(24)22-20(25)21-15/h2-11H,12H2,1H3,(H2,21,22,24,25). The smallest absolute Gasteiger partial charge is 0.357 e. The summed E-state index contributed by atoms with van der Waals surface area (Å²) < 4.78 is 11.1. The van der Waals surface area contributed by atoms with Crippen molar-refractivity contribution in [2.75, 3.05) is 7.11 Å². The molecule has 0 radical (unpaired) electrons. The van der Waals surface area contributed by atoms with Crippen molar-refractivity contribution < 1.29 is 14.4 Å². The summed E-state index contributed by atoms with van der Waals surface area (Å²) in [6.07, 6.45) is 2.80. The fourth-order valence-corrected chi connectivity index (χ4v) is 2.62. The molecule has 2 aromatic carbocycles. The van der Waals surface area contributed by atoms with E-state index in [1.54, 1.807) is 18.2 Å². The third-order valence-electron chi connectivity index (χ3n) is 4.00. The molecule has 148 valence electrons. The summed E-state index contributed by atoms with van der Waals surface area (Å²) in [5, 5.41) is 11.1. The molecule has 0 spiro atoms. The molecule has 9 heteroatoms. The highest BCUT2D eigenvalue weighted by Crippen LogP contribution is 2.29. The fourth-order valence-electron chi connectivity index (χ4n) is 2.62. The van der Waals surface area contributed by atoms with Crippen molar-refractivity contribution >= 4 is 17.8 Å². The van der Waals surface area contributed by atoms with Crippen molar-refractivity contribution in [2.24, 2.45) is 0 Å². The number of nitrogens with one attached hydrogen (secondary N) is 2. The SMILES string of the molecule is COc1cc(C=Cc2[nH]c(=O)[nH]c(=O)c2[N+](=O)[O-])ccc1OCc1ccccc1. The average Bonchev–Trinajstić information content (AvgIpc) is 2.70. The Morgan fingerprint density at radius 2 is 1.79 bits per heavy atom. The van der Waals surface area contributed by atoms with Crippen LogP contribution in [0.15, 0.2) is 58.1 Å². The van der Waals surface area contributed by atoms with Gasteiger partial charge in [0.2, 0.25) is 0 Å². The molecule has 0 amide bonds. The Morgan fingerprint density at radius 1 is 1.03 bits per heavy atom. The number of hydrogen-bond donors (Lipinski definition) is 2. The normalized spacial score (nSPS) is 10.8. The van der Waals surface area contributed by atoms with E-state index in [1.165, 1.54) is 19.3 Å². The van der Waals surface area contributed by atoms with E-state index in [0.29, 0.717) is 23.7 Å². The first-order chi connectivity index (χ1) is 14.0. The Balaban J connectivity index is 1.85. The number of ether oxygens (including phenoxy) is 2. The number of rotatable bonds is 7. The number of benzene rings is 2. The van der Waals surface area contributed by atoms with Crippen LogP contribution >= 0.6 is 0 Å². The number of H-pyrrole nitrogens is 2. The van der Waals surface area contributed by atoms with Gasteiger partial charge in [-0.3, -0.25) is 19.9 Å². The van der Waals surface area contributed by atoms with Crippen LogP contribution in [0.4, 0.5) is 5.69 Å². The average molecular weight is 395 g/mol. The lowest BCUT2D eigenvalue weighted by molar-refractivity contribution is -0.386. The summed E-state index contributed by atoms with van der Waals surface area (Å²) in [6, 6.07) is 14.7. The number of nitro groups is 1. The molecular weight excluding hydrogens is 378 g/mol. The zero-order valence-corrected chi connectivity index (χ0v) is 15.4. The zero-order valence-electron chi connectivity index (χ0n) is 15.4. The van der Waals surface area contributed by atoms with Crippen LogP contribution in [0.5, 0.6) is 11.5 Å². The first-order valence-corrected chi connectivity index (χ1v) is 8.52. The van der Waals surface area contributed by atoms with Gasteiger partial charge in [-0.1, -0.05) is 42.5 Å². The van der Waals surface area contributed by atoms with E-state index in [2.05, 4.69) is 4.98 Å². The van der Waals surface area contributed by atoms with Gasteiger partial charge < -0.3 is 14.5 Å². The Kier molecular flexibility index (Phi) is 5.88. The highest BCUT2D eigenvalue weighted by molar-refractivity contribution is 5.72. The van der Waals surface area contributed by atoms with E-state index in [4.69, 9.17) is 9.47 Å². The van der Waals surface area contributed by atoms with E-state index in [0.717, 1.165) is 5.56 Å². The van der Waals surface area contributed by atoms with Crippen LogP contribution in [0, 0.1) is 10.1 Å². The molecule has 0 aliphatic carbocycles. The molecule has 0 saturated carbocycles. The molecule has 1 heterocycles. The van der Waals surface area contributed by atoms with E-state index >= 15 is 0 Å². The summed E-state index contributed by atoms with van der Waals surface area (Å²) in [5.41, 5.74) is -1.21. The van der Waals surface area contributed by atoms with Crippen LogP contribution in [-0.4, -0.2) is 22.0 Å². The number of aromatic amines is 2. The van der Waals surface area contributed by atoms with Gasteiger partial charge in [0.05, 0.1) is 12.0 Å². The molecule has 0 unspecified atom stereocenters. The summed E-state index contributed by atoms with van der Waals surface area (Å²) in [6.45, 7) is 0.368. The third-order valence-corrected chi connectivity index (χ3v) is 4.00. The topological polar surface area (TPSA) is 127 Å². The summed E-state index contributed by atoms with van der Waals surface area (Å²) in [5.74, 6) is 1.00. The molecule has 3 aromatic rings. The lowest BCUT2D eigenvalue weighted by atomic mass is 10.1. The molecule has 0 atom stereocenters. The monoisotopic (exact) mass is 395 g/mol. The maximum Gasteiger partial charge on any atom is 0.357 e. The maximum atomic E-state index is 11.7. The van der Waals surface area contributed by atoms with Gasteiger partial charge in [-0.2, -0.15) is 0 Å². The third kappa shape index (κ3) is 4.78. The second kappa shape index (κ2) is 8.70. The Hall–Kier alpha value is -4.14. The van der Waals surface area contributed by atoms with Crippen LogP contribution in [-0.2, 0) is 6.61 Å². The molecular formula is C20H17N3O6. The molecule has 0 aliphatic heterocycles. The summed E-state index contributed by atoms with van der Waals surface area (Å²) in [7, 11) is 1.50. The van der Waals surface area contributed by atoms with Gasteiger partial charge in [0.15, 0.2) is 11.5 Å². The Labute approximate surface area is 164 Å². The number of aromatic nitrogens is 2. The van der Waals surface area contributed by atoms with E-state index in [-0.39, 0.29) is 5.69 Å². The highest BCUT2D eigenvalue weighted by atomic mass is 16.6.